The third-order valence-corrected chi connectivity index (χ3v) is 3.61. The number of hydrogen-bond acceptors (Lipinski definition) is 4. The highest BCUT2D eigenvalue weighted by Gasteiger charge is 2.20. The quantitative estimate of drug-likeness (QED) is 0.751. The smallest absolute Gasteiger partial charge is 0.256 e. The Morgan fingerprint density at radius 2 is 1.95 bits per heavy atom. The number of ether oxygens (including phenoxy) is 1. The Kier molecular flexibility index (Phi) is 6.50. The van der Waals surface area contributed by atoms with Crippen LogP contribution in [0, 0.1) is 0 Å². The van der Waals surface area contributed by atoms with Crippen LogP contribution in [0.2, 0.25) is 0 Å². The molecule has 0 unspecified atom stereocenters. The standard InChI is InChI=1S/C16H24N2O3/c19-11-5-1-4-8-17-15-7-3-2-6-14(15)16(20)18-9-12-21-13-10-18/h2-3,6-7,17,19H,1,4-5,8-13H2. The first-order valence-corrected chi connectivity index (χ1v) is 7.63. The number of para-hydroxylation sites is 1. The number of unbranched alkanes of at least 4 members (excludes halogenated alkanes) is 2. The molecule has 0 saturated carbocycles. The fourth-order valence-corrected chi connectivity index (χ4v) is 2.40. The number of aliphatic hydroxyl groups excluding tert-OH is 1. The number of nitrogens with zero attached hydrogens (tertiary/aromatic N) is 1. The maximum atomic E-state index is 12.6. The molecule has 1 aromatic carbocycles. The van der Waals surface area contributed by atoms with E-state index in [-0.39, 0.29) is 12.5 Å². The third kappa shape index (κ3) is 4.72. The van der Waals surface area contributed by atoms with Crippen molar-refractivity contribution in [2.45, 2.75) is 19.3 Å². The molecule has 0 atom stereocenters. The van der Waals surface area contributed by atoms with Crippen molar-refractivity contribution in [1.29, 1.82) is 0 Å². The van der Waals surface area contributed by atoms with E-state index in [2.05, 4.69) is 5.32 Å². The molecule has 1 fully saturated rings. The lowest BCUT2D eigenvalue weighted by Gasteiger charge is -2.27. The molecule has 21 heavy (non-hydrogen) atoms. The van der Waals surface area contributed by atoms with Gasteiger partial charge in [0.05, 0.1) is 18.8 Å². The highest BCUT2D eigenvalue weighted by atomic mass is 16.5. The van der Waals surface area contributed by atoms with Crippen LogP contribution in [0.15, 0.2) is 24.3 Å². The first kappa shape index (κ1) is 15.8. The molecule has 0 aliphatic carbocycles. The second-order valence-corrected chi connectivity index (χ2v) is 5.16. The molecular formula is C16H24N2O3. The molecule has 1 saturated heterocycles. The second kappa shape index (κ2) is 8.64. The van der Waals surface area contributed by atoms with Gasteiger partial charge in [-0.25, -0.2) is 0 Å². The first-order valence-electron chi connectivity index (χ1n) is 7.63. The van der Waals surface area contributed by atoms with Crippen LogP contribution in [0.4, 0.5) is 5.69 Å². The summed E-state index contributed by atoms with van der Waals surface area (Å²) in [5.41, 5.74) is 1.61. The summed E-state index contributed by atoms with van der Waals surface area (Å²) >= 11 is 0. The molecule has 1 aliphatic rings. The van der Waals surface area contributed by atoms with Crippen LogP contribution in [-0.2, 0) is 4.74 Å². The summed E-state index contributed by atoms with van der Waals surface area (Å²) in [6, 6.07) is 7.64. The van der Waals surface area contributed by atoms with Crippen LogP contribution < -0.4 is 5.32 Å². The van der Waals surface area contributed by atoms with E-state index >= 15 is 0 Å². The van der Waals surface area contributed by atoms with Gasteiger partial charge in [0.2, 0.25) is 0 Å². The Bertz CT molecular complexity index is 445. The lowest BCUT2D eigenvalue weighted by atomic mass is 10.1. The van der Waals surface area contributed by atoms with Gasteiger partial charge >= 0.3 is 0 Å². The fraction of sp³-hybridized carbons (Fsp3) is 0.562. The van der Waals surface area contributed by atoms with Crippen LogP contribution >= 0.6 is 0 Å². The molecule has 2 N–H and O–H groups in total. The predicted molar refractivity (Wildman–Crippen MR) is 82.6 cm³/mol. The summed E-state index contributed by atoms with van der Waals surface area (Å²) in [5, 5.41) is 12.1. The van der Waals surface area contributed by atoms with Gasteiger partial charge < -0.3 is 20.1 Å². The predicted octanol–water partition coefficient (Wildman–Crippen LogP) is 1.73. The maximum absolute atomic E-state index is 12.6. The van der Waals surface area contributed by atoms with Gasteiger partial charge in [-0.05, 0) is 31.4 Å². The third-order valence-electron chi connectivity index (χ3n) is 3.61. The van der Waals surface area contributed by atoms with E-state index in [0.717, 1.165) is 37.1 Å². The highest BCUT2D eigenvalue weighted by molar-refractivity contribution is 5.99. The van der Waals surface area contributed by atoms with Crippen LogP contribution in [-0.4, -0.2) is 55.4 Å². The Morgan fingerprint density at radius 3 is 2.71 bits per heavy atom. The van der Waals surface area contributed by atoms with Crippen LogP contribution in [0.1, 0.15) is 29.6 Å². The first-order chi connectivity index (χ1) is 10.3. The fourth-order valence-electron chi connectivity index (χ4n) is 2.40. The van der Waals surface area contributed by atoms with Gasteiger partial charge in [-0.15, -0.1) is 0 Å². The summed E-state index contributed by atoms with van der Waals surface area (Å²) in [6.07, 6.45) is 2.81. The number of rotatable bonds is 7. The van der Waals surface area contributed by atoms with E-state index in [9.17, 15) is 4.79 Å². The zero-order valence-corrected chi connectivity index (χ0v) is 12.4. The minimum Gasteiger partial charge on any atom is -0.396 e. The van der Waals surface area contributed by atoms with Gasteiger partial charge in [-0.1, -0.05) is 12.1 Å². The molecule has 0 spiro atoms. The molecule has 0 bridgehead atoms. The van der Waals surface area contributed by atoms with Gasteiger partial charge in [0.15, 0.2) is 0 Å². The minimum atomic E-state index is 0.0664. The maximum Gasteiger partial charge on any atom is 0.256 e. The van der Waals surface area contributed by atoms with E-state index in [1.165, 1.54) is 0 Å². The molecule has 116 valence electrons. The van der Waals surface area contributed by atoms with Crippen molar-refractivity contribution >= 4 is 11.6 Å². The zero-order valence-electron chi connectivity index (χ0n) is 12.4. The van der Waals surface area contributed by atoms with Crippen molar-refractivity contribution in [2.75, 3.05) is 44.8 Å². The molecule has 5 heteroatoms. The van der Waals surface area contributed by atoms with Gasteiger partial charge in [0, 0.05) is 31.9 Å². The van der Waals surface area contributed by atoms with Crippen molar-refractivity contribution in [3.63, 3.8) is 0 Å². The molecule has 5 nitrogen and oxygen atoms in total. The van der Waals surface area contributed by atoms with E-state index < -0.39 is 0 Å². The van der Waals surface area contributed by atoms with Crippen molar-refractivity contribution in [3.8, 4) is 0 Å². The van der Waals surface area contributed by atoms with E-state index in [1.807, 2.05) is 29.2 Å². The Labute approximate surface area is 125 Å². The lowest BCUT2D eigenvalue weighted by Crippen LogP contribution is -2.40. The second-order valence-electron chi connectivity index (χ2n) is 5.16. The SMILES string of the molecule is O=C(c1ccccc1NCCCCCO)N1CCOCC1. The number of carbonyl (C=O) groups excluding carboxylic acids is 1. The Balaban J connectivity index is 1.94. The van der Waals surface area contributed by atoms with Gasteiger partial charge in [0.1, 0.15) is 0 Å². The van der Waals surface area contributed by atoms with Crippen LogP contribution in [0.25, 0.3) is 0 Å². The average Bonchev–Trinajstić information content (AvgIpc) is 2.55. The number of morpholine rings is 1. The number of hydrogen-bond donors (Lipinski definition) is 2. The summed E-state index contributed by atoms with van der Waals surface area (Å²) in [5.74, 6) is 0.0664. The highest BCUT2D eigenvalue weighted by Crippen LogP contribution is 2.18. The molecule has 1 amide bonds. The monoisotopic (exact) mass is 292 g/mol. The van der Waals surface area contributed by atoms with Crippen LogP contribution in [0.3, 0.4) is 0 Å². The topological polar surface area (TPSA) is 61.8 Å². The zero-order chi connectivity index (χ0) is 14.9. The number of aliphatic hydroxyl groups is 1. The molecule has 1 aromatic rings. The number of amides is 1. The molecule has 0 aromatic heterocycles. The molecule has 2 rings (SSSR count). The number of nitrogens with one attached hydrogen (secondary N) is 1. The summed E-state index contributed by atoms with van der Waals surface area (Å²) in [4.78, 5) is 14.4. The van der Waals surface area contributed by atoms with Crippen molar-refractivity contribution < 1.29 is 14.6 Å². The lowest BCUT2D eigenvalue weighted by molar-refractivity contribution is 0.0303. The number of carbonyl (C=O) groups is 1. The van der Waals surface area contributed by atoms with E-state index in [1.54, 1.807) is 0 Å². The van der Waals surface area contributed by atoms with Crippen molar-refractivity contribution in [2.24, 2.45) is 0 Å². The normalized spacial score (nSPS) is 15.0. The van der Waals surface area contributed by atoms with E-state index in [0.29, 0.717) is 26.3 Å². The number of anilines is 1. The largest absolute Gasteiger partial charge is 0.396 e. The average molecular weight is 292 g/mol. The van der Waals surface area contributed by atoms with Gasteiger partial charge in [0.25, 0.3) is 5.91 Å². The minimum absolute atomic E-state index is 0.0664. The van der Waals surface area contributed by atoms with E-state index in [4.69, 9.17) is 9.84 Å². The molecule has 1 heterocycles. The Hall–Kier alpha value is -1.59. The number of benzene rings is 1. The van der Waals surface area contributed by atoms with Crippen molar-refractivity contribution in [3.05, 3.63) is 29.8 Å². The summed E-state index contributed by atoms with van der Waals surface area (Å²) < 4.78 is 5.29. The van der Waals surface area contributed by atoms with Gasteiger partial charge in [-0.2, -0.15) is 0 Å². The Morgan fingerprint density at radius 1 is 1.19 bits per heavy atom. The van der Waals surface area contributed by atoms with Crippen LogP contribution in [0.5, 0.6) is 0 Å². The van der Waals surface area contributed by atoms with Crippen molar-refractivity contribution in [1.82, 2.24) is 4.90 Å². The summed E-state index contributed by atoms with van der Waals surface area (Å²) in [6.45, 7) is 3.60. The molecule has 1 aliphatic heterocycles. The van der Waals surface area contributed by atoms with Gasteiger partial charge in [-0.3, -0.25) is 4.79 Å². The summed E-state index contributed by atoms with van der Waals surface area (Å²) in [7, 11) is 0. The molecule has 0 radical (unpaired) electrons. The molecular weight excluding hydrogens is 268 g/mol.